The first-order valence-corrected chi connectivity index (χ1v) is 7.98. The van der Waals surface area contributed by atoms with Crippen molar-refractivity contribution in [1.82, 2.24) is 15.3 Å². The van der Waals surface area contributed by atoms with Crippen LogP contribution >= 0.6 is 0 Å². The van der Waals surface area contributed by atoms with Crippen molar-refractivity contribution in [2.75, 3.05) is 11.9 Å². The molecule has 0 radical (unpaired) electrons. The second-order valence-electron chi connectivity index (χ2n) is 5.63. The van der Waals surface area contributed by atoms with Crippen molar-refractivity contribution in [1.29, 1.82) is 0 Å². The zero-order chi connectivity index (χ0) is 17.6. The first-order chi connectivity index (χ1) is 12.1. The van der Waals surface area contributed by atoms with Crippen LogP contribution in [-0.4, -0.2) is 28.3 Å². The maximum absolute atomic E-state index is 12.2. The minimum Gasteiger partial charge on any atom is -0.350 e. The predicted molar refractivity (Wildman–Crippen MR) is 96.3 cm³/mol. The lowest BCUT2D eigenvalue weighted by atomic mass is 10.1. The molecule has 0 saturated carbocycles. The molecule has 2 amide bonds. The Hall–Kier alpha value is -3.28. The number of para-hydroxylation sites is 2. The van der Waals surface area contributed by atoms with Crippen LogP contribution in [0.1, 0.15) is 23.0 Å². The average Bonchev–Trinajstić information content (AvgIpc) is 2.62. The van der Waals surface area contributed by atoms with Crippen LogP contribution in [-0.2, 0) is 11.2 Å². The van der Waals surface area contributed by atoms with Crippen molar-refractivity contribution in [3.05, 3.63) is 66.0 Å². The van der Waals surface area contributed by atoms with E-state index < -0.39 is 0 Å². The number of aromatic nitrogens is 2. The molecule has 0 atom stereocenters. The smallest absolute Gasteiger partial charge is 0.271 e. The standard InChI is InChI=1S/C19H18N4O2/c1-13(24)22-15-8-6-14(7-9-15)10-11-20-19(25)18-12-21-16-4-2-3-5-17(16)23-18/h2-9,12H,10-11H2,1H3,(H,20,25)(H,22,24). The maximum atomic E-state index is 12.2. The van der Waals surface area contributed by atoms with E-state index in [0.717, 1.165) is 16.8 Å². The van der Waals surface area contributed by atoms with Crippen molar-refractivity contribution < 1.29 is 9.59 Å². The first kappa shape index (κ1) is 16.6. The number of carbonyl (C=O) groups is 2. The minimum atomic E-state index is -0.242. The Bertz CT molecular complexity index is 907. The molecule has 0 aliphatic heterocycles. The summed E-state index contributed by atoms with van der Waals surface area (Å²) in [6.45, 7) is 1.96. The Morgan fingerprint density at radius 1 is 1.00 bits per heavy atom. The fourth-order valence-electron chi connectivity index (χ4n) is 2.44. The molecule has 3 aromatic rings. The number of fused-ring (bicyclic) bond motifs is 1. The van der Waals surface area contributed by atoms with Crippen LogP contribution in [0.25, 0.3) is 11.0 Å². The number of rotatable bonds is 5. The van der Waals surface area contributed by atoms with E-state index in [4.69, 9.17) is 0 Å². The van der Waals surface area contributed by atoms with E-state index in [9.17, 15) is 9.59 Å². The number of nitrogens with one attached hydrogen (secondary N) is 2. The highest BCUT2D eigenvalue weighted by Crippen LogP contribution is 2.10. The highest BCUT2D eigenvalue weighted by Gasteiger charge is 2.08. The van der Waals surface area contributed by atoms with Gasteiger partial charge in [0.1, 0.15) is 5.69 Å². The van der Waals surface area contributed by atoms with Crippen LogP contribution in [0.5, 0.6) is 0 Å². The molecule has 0 aliphatic carbocycles. The van der Waals surface area contributed by atoms with Crippen molar-refractivity contribution in [3.63, 3.8) is 0 Å². The molecule has 25 heavy (non-hydrogen) atoms. The quantitative estimate of drug-likeness (QED) is 0.751. The van der Waals surface area contributed by atoms with Gasteiger partial charge in [-0.25, -0.2) is 4.98 Å². The van der Waals surface area contributed by atoms with E-state index in [0.29, 0.717) is 24.2 Å². The molecule has 0 bridgehead atoms. The van der Waals surface area contributed by atoms with E-state index in [2.05, 4.69) is 20.6 Å². The van der Waals surface area contributed by atoms with Crippen LogP contribution in [0, 0.1) is 0 Å². The van der Waals surface area contributed by atoms with Crippen molar-refractivity contribution in [2.45, 2.75) is 13.3 Å². The third-order valence-electron chi connectivity index (χ3n) is 3.65. The molecular formula is C19H18N4O2. The van der Waals surface area contributed by atoms with Gasteiger partial charge in [-0.2, -0.15) is 0 Å². The summed E-state index contributed by atoms with van der Waals surface area (Å²) < 4.78 is 0. The molecule has 0 saturated heterocycles. The molecular weight excluding hydrogens is 316 g/mol. The number of amides is 2. The van der Waals surface area contributed by atoms with Gasteiger partial charge in [-0.15, -0.1) is 0 Å². The zero-order valence-corrected chi connectivity index (χ0v) is 13.8. The Kier molecular flexibility index (Phi) is 4.99. The Balaban J connectivity index is 1.55. The molecule has 0 spiro atoms. The largest absolute Gasteiger partial charge is 0.350 e. The fraction of sp³-hybridized carbons (Fsp3) is 0.158. The van der Waals surface area contributed by atoms with Gasteiger partial charge in [0, 0.05) is 19.2 Å². The fourth-order valence-corrected chi connectivity index (χ4v) is 2.44. The van der Waals surface area contributed by atoms with Crippen LogP contribution in [0.2, 0.25) is 0 Å². The third kappa shape index (κ3) is 4.38. The first-order valence-electron chi connectivity index (χ1n) is 7.98. The second-order valence-corrected chi connectivity index (χ2v) is 5.63. The van der Waals surface area contributed by atoms with Crippen molar-refractivity contribution in [2.24, 2.45) is 0 Å². The van der Waals surface area contributed by atoms with E-state index in [1.807, 2.05) is 48.5 Å². The maximum Gasteiger partial charge on any atom is 0.271 e. The van der Waals surface area contributed by atoms with Crippen molar-refractivity contribution in [3.8, 4) is 0 Å². The molecule has 6 heteroatoms. The monoisotopic (exact) mass is 334 g/mol. The summed E-state index contributed by atoms with van der Waals surface area (Å²) >= 11 is 0. The van der Waals surface area contributed by atoms with E-state index in [1.165, 1.54) is 13.1 Å². The lowest BCUT2D eigenvalue weighted by molar-refractivity contribution is -0.114. The lowest BCUT2D eigenvalue weighted by Gasteiger charge is -2.07. The minimum absolute atomic E-state index is 0.100. The number of carbonyl (C=O) groups excluding carboxylic acids is 2. The molecule has 3 rings (SSSR count). The summed E-state index contributed by atoms with van der Waals surface area (Å²) in [6, 6.07) is 15.0. The van der Waals surface area contributed by atoms with Gasteiger partial charge in [0.05, 0.1) is 17.2 Å². The molecule has 126 valence electrons. The molecule has 1 heterocycles. The summed E-state index contributed by atoms with van der Waals surface area (Å²) in [7, 11) is 0. The van der Waals surface area contributed by atoms with Crippen LogP contribution in [0.4, 0.5) is 5.69 Å². The summed E-state index contributed by atoms with van der Waals surface area (Å²) in [6.07, 6.45) is 2.17. The number of hydrogen-bond donors (Lipinski definition) is 2. The van der Waals surface area contributed by atoms with Gasteiger partial charge in [0.15, 0.2) is 0 Å². The highest BCUT2D eigenvalue weighted by molar-refractivity contribution is 5.93. The number of nitrogens with zero attached hydrogens (tertiary/aromatic N) is 2. The van der Waals surface area contributed by atoms with E-state index in [1.54, 1.807) is 0 Å². The number of anilines is 1. The topological polar surface area (TPSA) is 84.0 Å². The second kappa shape index (κ2) is 7.53. The summed E-state index contributed by atoms with van der Waals surface area (Å²) in [5.74, 6) is -0.343. The van der Waals surface area contributed by atoms with Crippen LogP contribution < -0.4 is 10.6 Å². The zero-order valence-electron chi connectivity index (χ0n) is 13.8. The summed E-state index contributed by atoms with van der Waals surface area (Å²) in [5, 5.41) is 5.57. The average molecular weight is 334 g/mol. The predicted octanol–water partition coefficient (Wildman–Crippen LogP) is 2.56. The molecule has 2 aromatic carbocycles. The summed E-state index contributed by atoms with van der Waals surface area (Å²) in [5.41, 5.74) is 3.59. The number of benzene rings is 2. The summed E-state index contributed by atoms with van der Waals surface area (Å²) in [4.78, 5) is 31.8. The number of hydrogen-bond acceptors (Lipinski definition) is 4. The molecule has 0 unspecified atom stereocenters. The van der Waals surface area contributed by atoms with E-state index >= 15 is 0 Å². The Morgan fingerprint density at radius 3 is 2.44 bits per heavy atom. The molecule has 2 N–H and O–H groups in total. The van der Waals surface area contributed by atoms with Crippen molar-refractivity contribution >= 4 is 28.5 Å². The third-order valence-corrected chi connectivity index (χ3v) is 3.65. The highest BCUT2D eigenvalue weighted by atomic mass is 16.2. The van der Waals surface area contributed by atoms with Gasteiger partial charge >= 0.3 is 0 Å². The lowest BCUT2D eigenvalue weighted by Crippen LogP contribution is -2.26. The van der Waals surface area contributed by atoms with Gasteiger partial charge in [-0.3, -0.25) is 14.6 Å². The molecule has 0 fully saturated rings. The molecule has 1 aromatic heterocycles. The van der Waals surface area contributed by atoms with E-state index in [-0.39, 0.29) is 11.8 Å². The molecule has 6 nitrogen and oxygen atoms in total. The SMILES string of the molecule is CC(=O)Nc1ccc(CCNC(=O)c2cnc3ccccc3n2)cc1. The van der Waals surface area contributed by atoms with Gasteiger partial charge in [0.25, 0.3) is 5.91 Å². The van der Waals surface area contributed by atoms with Gasteiger partial charge < -0.3 is 10.6 Å². The molecule has 0 aliphatic rings. The van der Waals surface area contributed by atoms with Crippen LogP contribution in [0.15, 0.2) is 54.7 Å². The van der Waals surface area contributed by atoms with Gasteiger partial charge in [-0.05, 0) is 36.2 Å². The Labute approximate surface area is 145 Å². The van der Waals surface area contributed by atoms with Gasteiger partial charge in [0.2, 0.25) is 5.91 Å². The normalized spacial score (nSPS) is 10.4. The van der Waals surface area contributed by atoms with Crippen LogP contribution in [0.3, 0.4) is 0 Å². The van der Waals surface area contributed by atoms with Gasteiger partial charge in [-0.1, -0.05) is 24.3 Å². The Morgan fingerprint density at radius 2 is 1.72 bits per heavy atom.